The van der Waals surface area contributed by atoms with Crippen LogP contribution in [0.3, 0.4) is 0 Å². The summed E-state index contributed by atoms with van der Waals surface area (Å²) in [5, 5.41) is 3.59. The molecule has 0 bridgehead atoms. The van der Waals surface area contributed by atoms with Gasteiger partial charge in [-0.1, -0.05) is 84.0 Å². The molecule has 0 amide bonds. The van der Waals surface area contributed by atoms with E-state index in [4.69, 9.17) is 40.8 Å². The number of anilines is 2. The lowest BCUT2D eigenvalue weighted by atomic mass is 9.94. The van der Waals surface area contributed by atoms with E-state index in [1.165, 1.54) is 0 Å². The number of pyridine rings is 1. The normalized spacial score (nSPS) is 14.5. The Morgan fingerprint density at radius 1 is 0.846 bits per heavy atom. The van der Waals surface area contributed by atoms with Crippen LogP contribution >= 0.6 is 23.4 Å². The maximum absolute atomic E-state index is 6.73. The summed E-state index contributed by atoms with van der Waals surface area (Å²) in [6.45, 7) is 3.91. The third-order valence-electron chi connectivity index (χ3n) is 9.82. The third-order valence-corrected chi connectivity index (χ3v) is 10.7. The quantitative estimate of drug-likeness (QED) is 0.0904. The highest BCUT2D eigenvalue weighted by molar-refractivity contribution is 7.98. The van der Waals surface area contributed by atoms with Gasteiger partial charge in [-0.05, 0) is 71.7 Å². The lowest BCUT2D eigenvalue weighted by molar-refractivity contribution is 0.0266. The van der Waals surface area contributed by atoms with E-state index in [2.05, 4.69) is 78.4 Å². The first-order chi connectivity index (χ1) is 25.4. The SMILES string of the molecule is COc1ccc(CN(Cc2ccc(OC)cc2)c2ncccc2[C@@H](C)N(C)c2nc(SC)nc3c2COC(c2cccc4cccc(Cl)c24)C3)cc1. The van der Waals surface area contributed by atoms with Crippen molar-refractivity contribution in [3.63, 3.8) is 0 Å². The molecule has 0 saturated carbocycles. The molecule has 0 N–H and O–H groups in total. The van der Waals surface area contributed by atoms with Crippen LogP contribution in [0.25, 0.3) is 10.8 Å². The Labute approximate surface area is 314 Å². The molecule has 7 rings (SSSR count). The predicted molar refractivity (Wildman–Crippen MR) is 211 cm³/mol. The van der Waals surface area contributed by atoms with Crippen LogP contribution in [-0.2, 0) is 30.9 Å². The summed E-state index contributed by atoms with van der Waals surface area (Å²) in [5.41, 5.74) is 6.48. The second-order valence-corrected chi connectivity index (χ2v) is 14.1. The number of halogens is 1. The van der Waals surface area contributed by atoms with Crippen LogP contribution in [0.2, 0.25) is 5.02 Å². The van der Waals surface area contributed by atoms with Gasteiger partial charge in [0.15, 0.2) is 5.16 Å². The first kappa shape index (κ1) is 35.6. The zero-order valence-corrected chi connectivity index (χ0v) is 31.6. The van der Waals surface area contributed by atoms with E-state index < -0.39 is 0 Å². The average Bonchev–Trinajstić information content (AvgIpc) is 3.19. The fraction of sp³-hybridized carbons (Fsp3) is 0.262. The maximum atomic E-state index is 6.73. The van der Waals surface area contributed by atoms with Crippen molar-refractivity contribution in [3.8, 4) is 11.5 Å². The van der Waals surface area contributed by atoms with Crippen molar-refractivity contribution < 1.29 is 14.2 Å². The first-order valence-corrected chi connectivity index (χ1v) is 18.9. The van der Waals surface area contributed by atoms with Crippen molar-refractivity contribution in [1.29, 1.82) is 0 Å². The van der Waals surface area contributed by atoms with E-state index in [9.17, 15) is 0 Å². The predicted octanol–water partition coefficient (Wildman–Crippen LogP) is 9.64. The smallest absolute Gasteiger partial charge is 0.189 e. The first-order valence-electron chi connectivity index (χ1n) is 17.3. The van der Waals surface area contributed by atoms with Crippen molar-refractivity contribution in [2.45, 2.75) is 50.3 Å². The second-order valence-electron chi connectivity index (χ2n) is 12.9. The standard InChI is InChI=1S/C42H42ClN5O3S/c1-27(33-12-8-22-44-40(33)48(24-28-14-18-31(49-3)19-15-28)25-29-16-20-32(50-4)21-17-29)47(2)41-35-26-51-38(23-37(35)45-42(46-41)52-5)34-11-6-9-30-10-7-13-36(43)39(30)34/h6-22,27,38H,23-26H2,1-5H3/t27-,38?/m1/s1. The van der Waals surface area contributed by atoms with Crippen LogP contribution in [0.4, 0.5) is 11.6 Å². The summed E-state index contributed by atoms with van der Waals surface area (Å²) in [4.78, 5) is 19.7. The fourth-order valence-corrected chi connectivity index (χ4v) is 7.57. The van der Waals surface area contributed by atoms with Gasteiger partial charge in [-0.25, -0.2) is 15.0 Å². The highest BCUT2D eigenvalue weighted by Gasteiger charge is 2.30. The van der Waals surface area contributed by atoms with Gasteiger partial charge in [0.05, 0.1) is 38.7 Å². The number of nitrogens with zero attached hydrogens (tertiary/aromatic N) is 5. The van der Waals surface area contributed by atoms with Crippen molar-refractivity contribution >= 4 is 45.8 Å². The van der Waals surface area contributed by atoms with Gasteiger partial charge in [0, 0.05) is 54.3 Å². The molecular weight excluding hydrogens is 690 g/mol. The van der Waals surface area contributed by atoms with Crippen LogP contribution in [-0.4, -0.2) is 42.5 Å². The van der Waals surface area contributed by atoms with E-state index in [0.29, 0.717) is 26.1 Å². The van der Waals surface area contributed by atoms with E-state index in [1.54, 1.807) is 26.0 Å². The zero-order valence-electron chi connectivity index (χ0n) is 30.0. The molecule has 8 nitrogen and oxygen atoms in total. The second kappa shape index (κ2) is 15.8. The minimum absolute atomic E-state index is 0.0822. The highest BCUT2D eigenvalue weighted by atomic mass is 35.5. The van der Waals surface area contributed by atoms with Crippen molar-refractivity contribution in [2.24, 2.45) is 0 Å². The van der Waals surface area contributed by atoms with E-state index in [-0.39, 0.29) is 12.1 Å². The number of ether oxygens (including phenoxy) is 3. The molecule has 0 saturated heterocycles. The summed E-state index contributed by atoms with van der Waals surface area (Å²) in [6, 6.07) is 32.8. The highest BCUT2D eigenvalue weighted by Crippen LogP contribution is 2.41. The molecule has 1 aliphatic heterocycles. The number of benzene rings is 4. The Morgan fingerprint density at radius 2 is 1.50 bits per heavy atom. The average molecular weight is 732 g/mol. The van der Waals surface area contributed by atoms with Gasteiger partial charge in [0.1, 0.15) is 23.1 Å². The van der Waals surface area contributed by atoms with E-state index in [1.807, 2.05) is 54.9 Å². The minimum atomic E-state index is -0.175. The molecule has 1 aliphatic rings. The number of rotatable bonds is 12. The number of fused-ring (bicyclic) bond motifs is 2. The van der Waals surface area contributed by atoms with Crippen molar-refractivity contribution in [2.75, 3.05) is 37.3 Å². The molecule has 10 heteroatoms. The van der Waals surface area contributed by atoms with E-state index in [0.717, 1.165) is 77.6 Å². The lowest BCUT2D eigenvalue weighted by Crippen LogP contribution is -2.30. The molecule has 6 aromatic rings. The van der Waals surface area contributed by atoms with Gasteiger partial charge >= 0.3 is 0 Å². The van der Waals surface area contributed by atoms with E-state index >= 15 is 0 Å². The number of hydrogen-bond donors (Lipinski definition) is 0. The number of hydrogen-bond acceptors (Lipinski definition) is 9. The number of thioether (sulfide) groups is 1. The molecule has 0 fully saturated rings. The molecule has 0 spiro atoms. The minimum Gasteiger partial charge on any atom is -0.497 e. The molecule has 1 unspecified atom stereocenters. The van der Waals surface area contributed by atoms with Crippen molar-refractivity contribution in [3.05, 3.63) is 142 Å². The van der Waals surface area contributed by atoms with Gasteiger partial charge < -0.3 is 24.0 Å². The topological polar surface area (TPSA) is 72.8 Å². The molecule has 2 aromatic heterocycles. The number of methoxy groups -OCH3 is 2. The maximum Gasteiger partial charge on any atom is 0.189 e. The van der Waals surface area contributed by atoms with Gasteiger partial charge in [-0.3, -0.25) is 0 Å². The fourth-order valence-electron chi connectivity index (χ4n) is 6.90. The Kier molecular flexibility index (Phi) is 10.8. The monoisotopic (exact) mass is 731 g/mol. The number of aromatic nitrogens is 3. The van der Waals surface area contributed by atoms with Gasteiger partial charge in [-0.2, -0.15) is 0 Å². The lowest BCUT2D eigenvalue weighted by Gasteiger charge is -2.34. The molecule has 3 heterocycles. The molecule has 2 atom stereocenters. The summed E-state index contributed by atoms with van der Waals surface area (Å²) >= 11 is 8.28. The largest absolute Gasteiger partial charge is 0.497 e. The van der Waals surface area contributed by atoms with Crippen LogP contribution in [0.5, 0.6) is 11.5 Å². The summed E-state index contributed by atoms with van der Waals surface area (Å²) in [7, 11) is 5.47. The van der Waals surface area contributed by atoms with Gasteiger partial charge in [0.2, 0.25) is 0 Å². The summed E-state index contributed by atoms with van der Waals surface area (Å²) in [5.74, 6) is 3.43. The summed E-state index contributed by atoms with van der Waals surface area (Å²) in [6.07, 6.45) is 4.34. The van der Waals surface area contributed by atoms with Gasteiger partial charge in [0.25, 0.3) is 0 Å². The Hall–Kier alpha value is -4.83. The molecule has 52 heavy (non-hydrogen) atoms. The van der Waals surface area contributed by atoms with Gasteiger partial charge in [-0.15, -0.1) is 0 Å². The van der Waals surface area contributed by atoms with Crippen LogP contribution in [0, 0.1) is 0 Å². The molecule has 0 aliphatic carbocycles. The molecule has 266 valence electrons. The third kappa shape index (κ3) is 7.39. The Balaban J connectivity index is 1.22. The molecular formula is C42H42ClN5O3S. The van der Waals surface area contributed by atoms with Crippen LogP contribution in [0.15, 0.2) is 108 Å². The zero-order chi connectivity index (χ0) is 36.2. The van der Waals surface area contributed by atoms with Crippen molar-refractivity contribution in [1.82, 2.24) is 15.0 Å². The Bertz CT molecular complexity index is 2110. The summed E-state index contributed by atoms with van der Waals surface area (Å²) < 4.78 is 17.5. The Morgan fingerprint density at radius 3 is 2.13 bits per heavy atom. The molecule has 4 aromatic carbocycles. The van der Waals surface area contributed by atoms with Crippen LogP contribution < -0.4 is 19.3 Å². The molecule has 0 radical (unpaired) electrons. The van der Waals surface area contributed by atoms with Crippen LogP contribution in [0.1, 0.15) is 52.6 Å².